The van der Waals surface area contributed by atoms with Crippen LogP contribution in [0.2, 0.25) is 0 Å². The van der Waals surface area contributed by atoms with Crippen molar-refractivity contribution in [2.45, 2.75) is 161 Å². The Hall–Kier alpha value is -0.120. The van der Waals surface area contributed by atoms with E-state index in [1.165, 1.54) is 148 Å². The zero-order valence-corrected chi connectivity index (χ0v) is 24.6. The third-order valence-electron chi connectivity index (χ3n) is 9.18. The molecule has 0 aromatic heterocycles. The van der Waals surface area contributed by atoms with Crippen LogP contribution in [0.5, 0.6) is 0 Å². The van der Waals surface area contributed by atoms with Gasteiger partial charge in [-0.25, -0.2) is 0 Å². The molecule has 0 aromatic carbocycles. The molecule has 0 N–H and O–H groups in total. The van der Waals surface area contributed by atoms with Gasteiger partial charge in [0, 0.05) is 32.2 Å². The van der Waals surface area contributed by atoms with E-state index in [2.05, 4.69) is 37.5 Å². The molecule has 2 atom stereocenters. The van der Waals surface area contributed by atoms with Crippen LogP contribution in [0.3, 0.4) is 0 Å². The summed E-state index contributed by atoms with van der Waals surface area (Å²) in [5, 5.41) is 0. The molecule has 0 aromatic rings. The van der Waals surface area contributed by atoms with E-state index in [0.717, 1.165) is 25.1 Å². The molecule has 2 saturated heterocycles. The van der Waals surface area contributed by atoms with Crippen LogP contribution in [0.1, 0.15) is 150 Å². The standard InChI is InChI=1S/C32H64N2O/c1-5-9-12-14-16-21-31(8-4)34-25-22-32(23-26-34)29-33(27-28-35-32)24-17-20-30(18-11-7-3)19-15-13-10-6-2/h30-31H,5-29H2,1-4H3. The van der Waals surface area contributed by atoms with Crippen LogP contribution in [0.25, 0.3) is 0 Å². The monoisotopic (exact) mass is 493 g/mol. The van der Waals surface area contributed by atoms with E-state index in [1.54, 1.807) is 0 Å². The summed E-state index contributed by atoms with van der Waals surface area (Å²) in [5.41, 5.74) is 0.149. The zero-order valence-electron chi connectivity index (χ0n) is 24.6. The Bertz CT molecular complexity index is 488. The highest BCUT2D eigenvalue weighted by molar-refractivity contribution is 4.94. The van der Waals surface area contributed by atoms with Gasteiger partial charge in [-0.2, -0.15) is 0 Å². The molecule has 2 aliphatic heterocycles. The fourth-order valence-corrected chi connectivity index (χ4v) is 6.73. The Morgan fingerprint density at radius 2 is 1.26 bits per heavy atom. The third-order valence-corrected chi connectivity index (χ3v) is 9.18. The van der Waals surface area contributed by atoms with Gasteiger partial charge in [-0.3, -0.25) is 4.90 Å². The van der Waals surface area contributed by atoms with E-state index in [4.69, 9.17) is 4.74 Å². The van der Waals surface area contributed by atoms with Gasteiger partial charge in [0.05, 0.1) is 12.2 Å². The molecule has 35 heavy (non-hydrogen) atoms. The summed E-state index contributed by atoms with van der Waals surface area (Å²) in [7, 11) is 0. The molecular weight excluding hydrogens is 428 g/mol. The number of unbranched alkanes of at least 4 members (excludes halogenated alkanes) is 8. The van der Waals surface area contributed by atoms with Gasteiger partial charge >= 0.3 is 0 Å². The maximum Gasteiger partial charge on any atom is 0.0833 e. The fourth-order valence-electron chi connectivity index (χ4n) is 6.73. The van der Waals surface area contributed by atoms with Crippen molar-refractivity contribution in [2.24, 2.45) is 5.92 Å². The van der Waals surface area contributed by atoms with Crippen LogP contribution >= 0.6 is 0 Å². The molecule has 2 aliphatic rings. The lowest BCUT2D eigenvalue weighted by Crippen LogP contribution is -2.58. The molecule has 1 spiro atoms. The Labute approximate surface area is 221 Å². The minimum absolute atomic E-state index is 0.149. The molecule has 0 saturated carbocycles. The fraction of sp³-hybridized carbons (Fsp3) is 1.00. The van der Waals surface area contributed by atoms with Crippen molar-refractivity contribution in [2.75, 3.05) is 39.3 Å². The largest absolute Gasteiger partial charge is 0.372 e. The summed E-state index contributed by atoms with van der Waals surface area (Å²) < 4.78 is 6.51. The van der Waals surface area contributed by atoms with Crippen molar-refractivity contribution in [3.63, 3.8) is 0 Å². The van der Waals surface area contributed by atoms with Crippen LogP contribution in [-0.4, -0.2) is 60.8 Å². The number of hydrogen-bond donors (Lipinski definition) is 0. The second kappa shape index (κ2) is 19.0. The van der Waals surface area contributed by atoms with Crippen LogP contribution in [-0.2, 0) is 4.74 Å². The summed E-state index contributed by atoms with van der Waals surface area (Å²) in [6.07, 6.45) is 26.5. The molecule has 0 amide bonds. The van der Waals surface area contributed by atoms with Crippen LogP contribution < -0.4 is 0 Å². The van der Waals surface area contributed by atoms with Gasteiger partial charge in [-0.1, -0.05) is 111 Å². The van der Waals surface area contributed by atoms with Gasteiger partial charge in [0.2, 0.25) is 0 Å². The lowest BCUT2D eigenvalue weighted by atomic mass is 9.87. The Kier molecular flexibility index (Phi) is 16.9. The normalized spacial score (nSPS) is 20.9. The summed E-state index contributed by atoms with van der Waals surface area (Å²) in [6.45, 7) is 16.5. The van der Waals surface area contributed by atoms with Gasteiger partial charge in [0.1, 0.15) is 0 Å². The van der Waals surface area contributed by atoms with Gasteiger partial charge in [0.25, 0.3) is 0 Å². The molecule has 2 rings (SSSR count). The first-order chi connectivity index (χ1) is 17.2. The summed E-state index contributed by atoms with van der Waals surface area (Å²) in [5.74, 6) is 0.970. The molecule has 0 aliphatic carbocycles. The number of ether oxygens (including phenoxy) is 1. The van der Waals surface area contributed by atoms with Crippen LogP contribution in [0, 0.1) is 5.92 Å². The summed E-state index contributed by atoms with van der Waals surface area (Å²) >= 11 is 0. The topological polar surface area (TPSA) is 15.7 Å². The van der Waals surface area contributed by atoms with E-state index in [0.29, 0.717) is 0 Å². The highest BCUT2D eigenvalue weighted by Gasteiger charge is 2.40. The number of piperidine rings is 1. The Morgan fingerprint density at radius 1 is 0.657 bits per heavy atom. The number of hydrogen-bond acceptors (Lipinski definition) is 3. The highest BCUT2D eigenvalue weighted by atomic mass is 16.5. The smallest absolute Gasteiger partial charge is 0.0833 e. The summed E-state index contributed by atoms with van der Waals surface area (Å²) in [6, 6.07) is 0.797. The van der Waals surface area contributed by atoms with Crippen molar-refractivity contribution in [3.05, 3.63) is 0 Å². The third kappa shape index (κ3) is 12.3. The summed E-state index contributed by atoms with van der Waals surface area (Å²) in [4.78, 5) is 5.57. The number of likely N-dealkylation sites (tertiary alicyclic amines) is 1. The molecule has 2 unspecified atom stereocenters. The second-order valence-corrected chi connectivity index (χ2v) is 12.1. The lowest BCUT2D eigenvalue weighted by molar-refractivity contribution is -0.139. The van der Waals surface area contributed by atoms with Gasteiger partial charge in [0.15, 0.2) is 0 Å². The van der Waals surface area contributed by atoms with Gasteiger partial charge in [-0.15, -0.1) is 0 Å². The Balaban J connectivity index is 1.70. The molecule has 0 radical (unpaired) electrons. The van der Waals surface area contributed by atoms with Crippen molar-refractivity contribution in [3.8, 4) is 0 Å². The lowest BCUT2D eigenvalue weighted by Gasteiger charge is -2.49. The van der Waals surface area contributed by atoms with Gasteiger partial charge in [-0.05, 0) is 51.0 Å². The zero-order chi connectivity index (χ0) is 25.2. The molecular formula is C32H64N2O. The van der Waals surface area contributed by atoms with E-state index in [-0.39, 0.29) is 5.60 Å². The van der Waals surface area contributed by atoms with Crippen molar-refractivity contribution in [1.29, 1.82) is 0 Å². The first-order valence-electron chi connectivity index (χ1n) is 16.3. The predicted octanol–water partition coefficient (Wildman–Crippen LogP) is 8.85. The molecule has 2 heterocycles. The Morgan fingerprint density at radius 3 is 1.94 bits per heavy atom. The van der Waals surface area contributed by atoms with E-state index in [1.807, 2.05) is 0 Å². The first kappa shape index (κ1) is 31.1. The minimum atomic E-state index is 0.149. The van der Waals surface area contributed by atoms with E-state index < -0.39 is 0 Å². The minimum Gasteiger partial charge on any atom is -0.372 e. The highest BCUT2D eigenvalue weighted by Crippen LogP contribution is 2.32. The average Bonchev–Trinajstić information content (AvgIpc) is 2.88. The molecule has 0 bridgehead atoms. The number of rotatable bonds is 20. The average molecular weight is 493 g/mol. The van der Waals surface area contributed by atoms with Crippen LogP contribution in [0.4, 0.5) is 0 Å². The molecule has 3 nitrogen and oxygen atoms in total. The molecule has 208 valence electrons. The van der Waals surface area contributed by atoms with E-state index in [9.17, 15) is 0 Å². The SMILES string of the molecule is CCCCCCCC(CC)N1CCC2(CC1)CN(CCCC(CCCC)CCCCCC)CCO2. The van der Waals surface area contributed by atoms with Crippen molar-refractivity contribution in [1.82, 2.24) is 9.80 Å². The number of nitrogens with zero attached hydrogens (tertiary/aromatic N) is 2. The first-order valence-corrected chi connectivity index (χ1v) is 16.3. The maximum atomic E-state index is 6.51. The molecule has 3 heteroatoms. The predicted molar refractivity (Wildman–Crippen MR) is 154 cm³/mol. The van der Waals surface area contributed by atoms with E-state index >= 15 is 0 Å². The maximum absolute atomic E-state index is 6.51. The van der Waals surface area contributed by atoms with Crippen molar-refractivity contribution >= 4 is 0 Å². The number of morpholine rings is 1. The second-order valence-electron chi connectivity index (χ2n) is 12.1. The molecule has 2 fully saturated rings. The van der Waals surface area contributed by atoms with Crippen molar-refractivity contribution < 1.29 is 4.74 Å². The quantitative estimate of drug-likeness (QED) is 0.158. The van der Waals surface area contributed by atoms with Crippen LogP contribution in [0.15, 0.2) is 0 Å². The van der Waals surface area contributed by atoms with Gasteiger partial charge < -0.3 is 9.64 Å².